The van der Waals surface area contributed by atoms with Gasteiger partial charge >= 0.3 is 0 Å². The van der Waals surface area contributed by atoms with E-state index in [0.717, 1.165) is 6.42 Å². The molecule has 0 heterocycles. The maximum atomic E-state index is 3.59. The van der Waals surface area contributed by atoms with E-state index >= 15 is 0 Å². The molecule has 0 fully saturated rings. The lowest BCUT2D eigenvalue weighted by molar-refractivity contribution is 0.782. The molecule has 12 heavy (non-hydrogen) atoms. The Hall–Kier alpha value is -0.980. The van der Waals surface area contributed by atoms with E-state index in [-0.39, 0.29) is 0 Å². The molecule has 0 unspecified atom stereocenters. The Balaban J connectivity index is 4.21. The van der Waals surface area contributed by atoms with Crippen LogP contribution in [0.4, 0.5) is 0 Å². The molecule has 0 amide bonds. The van der Waals surface area contributed by atoms with E-state index in [1.807, 2.05) is 6.20 Å². The highest BCUT2D eigenvalue weighted by Crippen LogP contribution is 2.09. The fourth-order valence-corrected chi connectivity index (χ4v) is 0.816. The highest BCUT2D eigenvalue weighted by molar-refractivity contribution is 5.20. The first-order valence-electron chi connectivity index (χ1n) is 4.46. The average Bonchev–Trinajstić information content (AvgIpc) is 2.04. The van der Waals surface area contributed by atoms with E-state index < -0.39 is 0 Å². The third kappa shape index (κ3) is 4.78. The van der Waals surface area contributed by atoms with Gasteiger partial charge < -0.3 is 5.32 Å². The summed E-state index contributed by atoms with van der Waals surface area (Å²) in [6, 6.07) is 0. The number of rotatable bonds is 5. The van der Waals surface area contributed by atoms with Crippen molar-refractivity contribution in [3.63, 3.8) is 0 Å². The van der Waals surface area contributed by atoms with Crippen LogP contribution in [0.5, 0.6) is 0 Å². The predicted octanol–water partition coefficient (Wildman–Crippen LogP) is 3.23. The van der Waals surface area contributed by atoms with Gasteiger partial charge in [-0.25, -0.2) is 0 Å². The van der Waals surface area contributed by atoms with Gasteiger partial charge in [0.25, 0.3) is 0 Å². The Morgan fingerprint density at radius 3 is 2.58 bits per heavy atom. The van der Waals surface area contributed by atoms with Crippen LogP contribution in [-0.4, -0.2) is 0 Å². The van der Waals surface area contributed by atoms with Crippen molar-refractivity contribution < 1.29 is 0 Å². The summed E-state index contributed by atoms with van der Waals surface area (Å²) in [5, 5.41) is 2.99. The van der Waals surface area contributed by atoms with Crippen molar-refractivity contribution in [3.8, 4) is 0 Å². The van der Waals surface area contributed by atoms with Crippen molar-refractivity contribution in [2.45, 2.75) is 27.2 Å². The molecule has 1 nitrogen and oxygen atoms in total. The summed E-state index contributed by atoms with van der Waals surface area (Å²) in [6.45, 7) is 10.1. The van der Waals surface area contributed by atoms with Gasteiger partial charge in [-0.05, 0) is 24.1 Å². The average molecular weight is 165 g/mol. The second-order valence-corrected chi connectivity index (χ2v) is 2.98. The molecule has 0 aromatic rings. The Kier molecular flexibility index (Phi) is 6.16. The van der Waals surface area contributed by atoms with Crippen molar-refractivity contribution in [3.05, 3.63) is 36.7 Å². The van der Waals surface area contributed by atoms with Crippen LogP contribution in [0.1, 0.15) is 27.2 Å². The quantitative estimate of drug-likeness (QED) is 0.617. The Morgan fingerprint density at radius 2 is 2.17 bits per heavy atom. The molecule has 0 bridgehead atoms. The van der Waals surface area contributed by atoms with Gasteiger partial charge in [0.1, 0.15) is 0 Å². The summed E-state index contributed by atoms with van der Waals surface area (Å²) in [4.78, 5) is 0. The molecule has 68 valence electrons. The molecule has 0 aromatic carbocycles. The van der Waals surface area contributed by atoms with Gasteiger partial charge in [0, 0.05) is 6.20 Å². The second kappa shape index (κ2) is 6.71. The van der Waals surface area contributed by atoms with Crippen LogP contribution in [0.15, 0.2) is 36.7 Å². The van der Waals surface area contributed by atoms with Gasteiger partial charge in [-0.2, -0.15) is 0 Å². The lowest BCUT2D eigenvalue weighted by atomic mass is 10.0. The number of nitrogens with one attached hydrogen (secondary N) is 1. The first-order chi connectivity index (χ1) is 5.72. The molecule has 0 rings (SSSR count). The van der Waals surface area contributed by atoms with Gasteiger partial charge in [-0.15, -0.1) is 0 Å². The zero-order chi connectivity index (χ0) is 9.40. The Labute approximate surface area is 75.9 Å². The van der Waals surface area contributed by atoms with Gasteiger partial charge in [0.05, 0.1) is 0 Å². The summed E-state index contributed by atoms with van der Waals surface area (Å²) in [5.41, 5.74) is 1.30. The van der Waals surface area contributed by atoms with Crippen LogP contribution in [0.3, 0.4) is 0 Å². The molecule has 0 aliphatic rings. The maximum Gasteiger partial charge on any atom is 0.00390 e. The SMILES string of the molecule is C=CN/C=C(\C=C/CC)C(C)C. The van der Waals surface area contributed by atoms with Crippen LogP contribution in [0, 0.1) is 5.92 Å². The minimum Gasteiger partial charge on any atom is -0.368 e. The Bertz CT molecular complexity index is 175. The first-order valence-corrected chi connectivity index (χ1v) is 4.46. The number of hydrogen-bond acceptors (Lipinski definition) is 1. The largest absolute Gasteiger partial charge is 0.368 e. The van der Waals surface area contributed by atoms with Crippen LogP contribution >= 0.6 is 0 Å². The molecular weight excluding hydrogens is 146 g/mol. The van der Waals surface area contributed by atoms with E-state index in [9.17, 15) is 0 Å². The minimum absolute atomic E-state index is 0.556. The summed E-state index contributed by atoms with van der Waals surface area (Å²) in [6.07, 6.45) is 9.07. The topological polar surface area (TPSA) is 12.0 Å². The van der Waals surface area contributed by atoms with Crippen LogP contribution in [0.25, 0.3) is 0 Å². The monoisotopic (exact) mass is 165 g/mol. The first kappa shape index (κ1) is 11.0. The van der Waals surface area contributed by atoms with Crippen LogP contribution in [0.2, 0.25) is 0 Å². The van der Waals surface area contributed by atoms with E-state index in [1.165, 1.54) is 5.57 Å². The molecule has 0 aromatic heterocycles. The van der Waals surface area contributed by atoms with Crippen molar-refractivity contribution in [1.29, 1.82) is 0 Å². The molecule has 0 radical (unpaired) electrons. The molecule has 0 aliphatic carbocycles. The van der Waals surface area contributed by atoms with Crippen molar-refractivity contribution >= 4 is 0 Å². The lowest BCUT2D eigenvalue weighted by Crippen LogP contribution is -1.98. The predicted molar refractivity (Wildman–Crippen MR) is 55.7 cm³/mol. The Morgan fingerprint density at radius 1 is 1.50 bits per heavy atom. The van der Waals surface area contributed by atoms with Crippen LogP contribution < -0.4 is 5.32 Å². The van der Waals surface area contributed by atoms with Crippen molar-refractivity contribution in [2.75, 3.05) is 0 Å². The maximum absolute atomic E-state index is 3.59. The molecule has 0 atom stereocenters. The van der Waals surface area contributed by atoms with E-state index in [4.69, 9.17) is 0 Å². The van der Waals surface area contributed by atoms with Crippen LogP contribution in [-0.2, 0) is 0 Å². The van der Waals surface area contributed by atoms with Crippen molar-refractivity contribution in [2.24, 2.45) is 5.92 Å². The molecule has 0 spiro atoms. The standard InChI is InChI=1S/C11H19N/c1-5-7-8-11(10(3)4)9-12-6-2/h6-10,12H,2,5H2,1,3-4H3/b8-7-,11-9+. The van der Waals surface area contributed by atoms with E-state index in [0.29, 0.717) is 5.92 Å². The summed E-state index contributed by atoms with van der Waals surface area (Å²) in [7, 11) is 0. The lowest BCUT2D eigenvalue weighted by Gasteiger charge is -2.05. The zero-order valence-electron chi connectivity index (χ0n) is 8.30. The molecule has 0 aliphatic heterocycles. The van der Waals surface area contributed by atoms with Gasteiger partial charge in [0.15, 0.2) is 0 Å². The smallest absolute Gasteiger partial charge is 0.00390 e. The third-order valence-corrected chi connectivity index (χ3v) is 1.58. The molecule has 0 saturated heterocycles. The third-order valence-electron chi connectivity index (χ3n) is 1.58. The summed E-state index contributed by atoms with van der Waals surface area (Å²) in [5.74, 6) is 0.556. The normalized spacial score (nSPS) is 12.5. The minimum atomic E-state index is 0.556. The van der Waals surface area contributed by atoms with Gasteiger partial charge in [-0.1, -0.05) is 39.5 Å². The highest BCUT2D eigenvalue weighted by Gasteiger charge is 1.96. The summed E-state index contributed by atoms with van der Waals surface area (Å²) >= 11 is 0. The highest BCUT2D eigenvalue weighted by atomic mass is 14.8. The van der Waals surface area contributed by atoms with Crippen molar-refractivity contribution in [1.82, 2.24) is 5.32 Å². The number of hydrogen-bond donors (Lipinski definition) is 1. The fraction of sp³-hybridized carbons (Fsp3) is 0.455. The zero-order valence-corrected chi connectivity index (χ0v) is 8.30. The summed E-state index contributed by atoms with van der Waals surface area (Å²) < 4.78 is 0. The van der Waals surface area contributed by atoms with E-state index in [2.05, 4.69) is 44.8 Å². The molecule has 1 N–H and O–H groups in total. The number of allylic oxidation sites excluding steroid dienone is 3. The molecular formula is C11H19N. The molecule has 0 saturated carbocycles. The van der Waals surface area contributed by atoms with Gasteiger partial charge in [0.2, 0.25) is 0 Å². The molecule has 1 heteroatoms. The van der Waals surface area contributed by atoms with Gasteiger partial charge in [-0.3, -0.25) is 0 Å². The fourth-order valence-electron chi connectivity index (χ4n) is 0.816. The van der Waals surface area contributed by atoms with E-state index in [1.54, 1.807) is 6.20 Å². The second-order valence-electron chi connectivity index (χ2n) is 2.98.